The predicted octanol–water partition coefficient (Wildman–Crippen LogP) is 7.25. The van der Waals surface area contributed by atoms with E-state index in [1.54, 1.807) is 18.2 Å². The lowest BCUT2D eigenvalue weighted by atomic mass is 9.50. The lowest BCUT2D eigenvalue weighted by Gasteiger charge is -2.54. The number of hydrogen-bond donors (Lipinski definition) is 2. The van der Waals surface area contributed by atoms with Crippen molar-refractivity contribution >= 4 is 11.4 Å². The highest BCUT2D eigenvalue weighted by Gasteiger charge is 2.49. The highest BCUT2D eigenvalue weighted by Crippen LogP contribution is 2.61. The number of hydrogen-bond acceptors (Lipinski definition) is 4. The molecule has 0 aliphatic heterocycles. The molecular weight excluding hydrogens is 434 g/mol. The van der Waals surface area contributed by atoms with E-state index in [4.69, 9.17) is 20.9 Å². The van der Waals surface area contributed by atoms with Gasteiger partial charge in [0.1, 0.15) is 34.6 Å². The van der Waals surface area contributed by atoms with E-state index in [-0.39, 0.29) is 11.4 Å². The van der Waals surface area contributed by atoms with E-state index < -0.39 is 11.6 Å². The van der Waals surface area contributed by atoms with E-state index in [1.807, 2.05) is 12.1 Å². The summed E-state index contributed by atoms with van der Waals surface area (Å²) in [5.41, 5.74) is 12.5. The zero-order chi connectivity index (χ0) is 23.4. The van der Waals surface area contributed by atoms with Gasteiger partial charge in [0.15, 0.2) is 0 Å². The Morgan fingerprint density at radius 1 is 0.618 bits per heavy atom. The van der Waals surface area contributed by atoms with Crippen LogP contribution in [0, 0.1) is 35.3 Å². The molecule has 4 fully saturated rings. The van der Waals surface area contributed by atoms with Gasteiger partial charge in [0.25, 0.3) is 0 Å². The van der Waals surface area contributed by atoms with Gasteiger partial charge >= 0.3 is 0 Å². The van der Waals surface area contributed by atoms with Crippen molar-refractivity contribution in [2.45, 2.75) is 38.0 Å². The van der Waals surface area contributed by atoms with Crippen molar-refractivity contribution in [3.05, 3.63) is 71.8 Å². The van der Waals surface area contributed by atoms with Gasteiger partial charge in [-0.1, -0.05) is 0 Å². The molecule has 0 saturated heterocycles. The Morgan fingerprint density at radius 2 is 1.12 bits per heavy atom. The Hall–Kier alpha value is -3.28. The van der Waals surface area contributed by atoms with Gasteiger partial charge in [-0.3, -0.25) is 0 Å². The average molecular weight is 463 g/mol. The molecule has 3 aromatic carbocycles. The third-order valence-electron chi connectivity index (χ3n) is 7.97. The summed E-state index contributed by atoms with van der Waals surface area (Å²) in [6.07, 6.45) is 6.38. The molecule has 0 aromatic heterocycles. The first-order chi connectivity index (χ1) is 16.4. The SMILES string of the molecule is Nc1ccc(Oc2ccc(Oc3ccc(N)c(F)c3)c(C3C4CC5CC(C4)CC3C5)c2)cc1F. The van der Waals surface area contributed by atoms with Gasteiger partial charge in [0.05, 0.1) is 11.4 Å². The molecule has 0 radical (unpaired) electrons. The van der Waals surface area contributed by atoms with Crippen molar-refractivity contribution < 1.29 is 18.3 Å². The van der Waals surface area contributed by atoms with Crippen LogP contribution in [-0.2, 0) is 0 Å². The van der Waals surface area contributed by atoms with Crippen molar-refractivity contribution in [2.75, 3.05) is 11.5 Å². The quantitative estimate of drug-likeness (QED) is 0.392. The normalized spacial score (nSPS) is 27.1. The van der Waals surface area contributed by atoms with Crippen LogP contribution in [0.5, 0.6) is 23.0 Å². The summed E-state index contributed by atoms with van der Waals surface area (Å²) in [6, 6.07) is 14.6. The summed E-state index contributed by atoms with van der Waals surface area (Å²) in [5, 5.41) is 0. The molecule has 34 heavy (non-hydrogen) atoms. The third kappa shape index (κ3) is 3.85. The van der Waals surface area contributed by atoms with Crippen LogP contribution in [0.25, 0.3) is 0 Å². The highest BCUT2D eigenvalue weighted by molar-refractivity contribution is 5.50. The first-order valence-electron chi connectivity index (χ1n) is 12.0. The zero-order valence-electron chi connectivity index (χ0n) is 18.8. The van der Waals surface area contributed by atoms with Gasteiger partial charge in [-0.2, -0.15) is 0 Å². The molecule has 4 aliphatic carbocycles. The van der Waals surface area contributed by atoms with Crippen molar-refractivity contribution in [3.8, 4) is 23.0 Å². The van der Waals surface area contributed by atoms with Crippen molar-refractivity contribution in [1.29, 1.82) is 0 Å². The van der Waals surface area contributed by atoms with E-state index in [2.05, 4.69) is 0 Å². The van der Waals surface area contributed by atoms with Crippen LogP contribution in [-0.4, -0.2) is 0 Å². The van der Waals surface area contributed by atoms with Gasteiger partial charge in [0, 0.05) is 17.7 Å². The van der Waals surface area contributed by atoms with Gasteiger partial charge in [-0.05, 0) is 104 Å². The minimum absolute atomic E-state index is 0.0844. The van der Waals surface area contributed by atoms with Crippen molar-refractivity contribution in [1.82, 2.24) is 0 Å². The number of anilines is 2. The molecule has 0 atom stereocenters. The lowest BCUT2D eigenvalue weighted by molar-refractivity contribution is -0.00340. The summed E-state index contributed by atoms with van der Waals surface area (Å²) < 4.78 is 40.3. The maximum Gasteiger partial charge on any atom is 0.149 e. The van der Waals surface area contributed by atoms with Crippen LogP contribution in [0.15, 0.2) is 54.6 Å². The van der Waals surface area contributed by atoms with E-state index in [9.17, 15) is 8.78 Å². The second-order valence-corrected chi connectivity index (χ2v) is 10.2. The number of halogens is 2. The Labute approximate surface area is 197 Å². The van der Waals surface area contributed by atoms with Crippen molar-refractivity contribution in [3.63, 3.8) is 0 Å². The minimum Gasteiger partial charge on any atom is -0.457 e. The smallest absolute Gasteiger partial charge is 0.149 e. The first-order valence-corrected chi connectivity index (χ1v) is 12.0. The van der Waals surface area contributed by atoms with Gasteiger partial charge in [-0.15, -0.1) is 0 Å². The topological polar surface area (TPSA) is 70.5 Å². The molecule has 4 aliphatic rings. The average Bonchev–Trinajstić information content (AvgIpc) is 2.79. The van der Waals surface area contributed by atoms with E-state index in [0.29, 0.717) is 40.8 Å². The maximum atomic E-state index is 14.1. The molecule has 0 spiro atoms. The number of ether oxygens (including phenoxy) is 2. The highest BCUT2D eigenvalue weighted by atomic mass is 19.1. The van der Waals surface area contributed by atoms with Crippen LogP contribution in [0.4, 0.5) is 20.2 Å². The molecule has 0 unspecified atom stereocenters. The maximum absolute atomic E-state index is 14.1. The molecule has 6 heteroatoms. The number of benzene rings is 3. The first kappa shape index (κ1) is 21.3. The molecule has 4 N–H and O–H groups in total. The minimum atomic E-state index is -0.510. The Kier molecular flexibility index (Phi) is 5.12. The molecule has 176 valence electrons. The Morgan fingerprint density at radius 3 is 1.68 bits per heavy atom. The summed E-state index contributed by atoms with van der Waals surface area (Å²) in [5.74, 6) is 4.38. The standard InChI is InChI=1S/C28H28F2N2O2/c29-23-13-20(1-4-25(23)31)33-19-3-6-27(34-21-2-5-26(32)24(30)14-21)22(12-19)28-17-8-15-7-16(10-17)11-18(28)9-15/h1-6,12-18,28H,7-11,31-32H2. The zero-order valence-corrected chi connectivity index (χ0v) is 18.8. The summed E-state index contributed by atoms with van der Waals surface area (Å²) in [7, 11) is 0. The lowest BCUT2D eigenvalue weighted by Crippen LogP contribution is -2.43. The fourth-order valence-corrected chi connectivity index (χ4v) is 6.78. The van der Waals surface area contributed by atoms with Crippen LogP contribution in [0.2, 0.25) is 0 Å². The molecule has 7 rings (SSSR count). The third-order valence-corrected chi connectivity index (χ3v) is 7.97. The fraction of sp³-hybridized carbons (Fsp3) is 0.357. The summed E-state index contributed by atoms with van der Waals surface area (Å²) >= 11 is 0. The fourth-order valence-electron chi connectivity index (χ4n) is 6.78. The summed E-state index contributed by atoms with van der Waals surface area (Å²) in [6.45, 7) is 0. The van der Waals surface area contributed by atoms with E-state index >= 15 is 0 Å². The van der Waals surface area contributed by atoms with Gasteiger partial charge in [-0.25, -0.2) is 8.78 Å². The largest absolute Gasteiger partial charge is 0.457 e. The molecule has 4 bridgehead atoms. The number of nitrogens with two attached hydrogens (primary N) is 2. The predicted molar refractivity (Wildman–Crippen MR) is 128 cm³/mol. The molecule has 0 heterocycles. The molecule has 0 amide bonds. The number of nitrogen functional groups attached to an aromatic ring is 2. The molecule has 4 nitrogen and oxygen atoms in total. The van der Waals surface area contributed by atoms with Crippen LogP contribution in [0.3, 0.4) is 0 Å². The van der Waals surface area contributed by atoms with E-state index in [1.165, 1.54) is 56.4 Å². The molecular formula is C28H28F2N2O2. The molecule has 3 aromatic rings. The number of rotatable bonds is 5. The monoisotopic (exact) mass is 462 g/mol. The Balaban J connectivity index is 1.37. The van der Waals surface area contributed by atoms with Gasteiger partial charge < -0.3 is 20.9 Å². The molecule has 4 saturated carbocycles. The summed E-state index contributed by atoms with van der Waals surface area (Å²) in [4.78, 5) is 0. The van der Waals surface area contributed by atoms with Gasteiger partial charge in [0.2, 0.25) is 0 Å². The Bertz CT molecular complexity index is 1220. The second kappa shape index (κ2) is 8.19. The van der Waals surface area contributed by atoms with Crippen LogP contribution >= 0.6 is 0 Å². The van der Waals surface area contributed by atoms with Crippen LogP contribution in [0.1, 0.15) is 43.6 Å². The van der Waals surface area contributed by atoms with Crippen LogP contribution < -0.4 is 20.9 Å². The van der Waals surface area contributed by atoms with Crippen molar-refractivity contribution in [2.24, 2.45) is 23.7 Å². The second-order valence-electron chi connectivity index (χ2n) is 10.2. The van der Waals surface area contributed by atoms with E-state index in [0.717, 1.165) is 17.4 Å².